The zero-order valence-electron chi connectivity index (χ0n) is 26.0. The van der Waals surface area contributed by atoms with E-state index in [0.717, 1.165) is 45.7 Å². The Hall–Kier alpha value is -2.99. The van der Waals surface area contributed by atoms with Crippen LogP contribution in [-0.4, -0.2) is 31.7 Å². The van der Waals surface area contributed by atoms with Crippen molar-refractivity contribution in [3.05, 3.63) is 77.2 Å². The summed E-state index contributed by atoms with van der Waals surface area (Å²) in [7, 11) is -0.486. The summed E-state index contributed by atoms with van der Waals surface area (Å²) in [5.74, 6) is 1.78. The molecule has 1 unspecified atom stereocenters. The van der Waals surface area contributed by atoms with Crippen LogP contribution >= 0.6 is 0 Å². The van der Waals surface area contributed by atoms with Gasteiger partial charge in [-0.05, 0) is 79.2 Å². The third-order valence-electron chi connectivity index (χ3n) is 8.35. The molecule has 1 aliphatic carbocycles. The van der Waals surface area contributed by atoms with E-state index in [4.69, 9.17) is 13.9 Å². The van der Waals surface area contributed by atoms with Gasteiger partial charge in [0, 0.05) is 23.4 Å². The number of carbonyl (C=O) groups excluding carboxylic acids is 1. The number of allylic oxidation sites excluding steroid dienone is 2. The number of carbonyl (C=O) groups is 1. The number of rotatable bonds is 7. The molecule has 2 aromatic carbocycles. The Balaban J connectivity index is 1.95. The average molecular weight is 562 g/mol. The Morgan fingerprint density at radius 3 is 2.05 bits per heavy atom. The van der Waals surface area contributed by atoms with Crippen LogP contribution in [0.3, 0.4) is 0 Å². The summed E-state index contributed by atoms with van der Waals surface area (Å²) in [6.07, 6.45) is 3.42. The first-order valence-electron chi connectivity index (χ1n) is 14.7. The van der Waals surface area contributed by atoms with Gasteiger partial charge in [-0.25, -0.2) is 9.36 Å². The molecule has 216 valence electrons. The van der Waals surface area contributed by atoms with E-state index in [-0.39, 0.29) is 12.0 Å². The van der Waals surface area contributed by atoms with Gasteiger partial charge >= 0.3 is 6.09 Å². The highest BCUT2D eigenvalue weighted by Crippen LogP contribution is 2.47. The molecule has 0 amide bonds. The van der Waals surface area contributed by atoms with E-state index in [0.29, 0.717) is 23.0 Å². The molecule has 0 saturated heterocycles. The topological polar surface area (TPSA) is 49.7 Å². The van der Waals surface area contributed by atoms with Crippen molar-refractivity contribution in [3.63, 3.8) is 0 Å². The molecular weight excluding hydrogens is 514 g/mol. The highest BCUT2D eigenvalue weighted by Gasteiger charge is 2.47. The minimum atomic E-state index is -2.17. The Bertz CT molecular complexity index is 1350. The van der Waals surface area contributed by atoms with Crippen molar-refractivity contribution in [2.75, 3.05) is 7.11 Å². The molecular formula is C34H47NO4Si. The SMILES string of the molecule is COc1ccc(C2C=C(O[Si](C(C)C)(C(C)C)C(C)C)CCc3c2c2ccccc2n3C(=O)OC(C)(C)C)cc1. The van der Waals surface area contributed by atoms with Gasteiger partial charge in [0.15, 0.2) is 0 Å². The molecule has 1 atom stereocenters. The Labute approximate surface area is 241 Å². The van der Waals surface area contributed by atoms with Gasteiger partial charge in [-0.15, -0.1) is 0 Å². The van der Waals surface area contributed by atoms with Crippen molar-refractivity contribution in [2.24, 2.45) is 0 Å². The summed E-state index contributed by atoms with van der Waals surface area (Å²) in [4.78, 5) is 13.7. The maximum Gasteiger partial charge on any atom is 0.419 e. The largest absolute Gasteiger partial charge is 0.546 e. The third kappa shape index (κ3) is 5.60. The molecule has 5 nitrogen and oxygen atoms in total. The van der Waals surface area contributed by atoms with Crippen molar-refractivity contribution >= 4 is 25.3 Å². The molecule has 0 spiro atoms. The van der Waals surface area contributed by atoms with E-state index >= 15 is 0 Å². The lowest BCUT2D eigenvalue weighted by Crippen LogP contribution is -2.47. The molecule has 0 saturated carbocycles. The van der Waals surface area contributed by atoms with E-state index < -0.39 is 13.9 Å². The number of methoxy groups -OCH3 is 1. The van der Waals surface area contributed by atoms with Crippen LogP contribution in [0.15, 0.2) is 60.4 Å². The predicted octanol–water partition coefficient (Wildman–Crippen LogP) is 9.59. The molecule has 1 aromatic heterocycles. The van der Waals surface area contributed by atoms with Gasteiger partial charge in [-0.3, -0.25) is 0 Å². The van der Waals surface area contributed by atoms with Crippen LogP contribution in [-0.2, 0) is 15.6 Å². The Morgan fingerprint density at radius 1 is 0.900 bits per heavy atom. The lowest BCUT2D eigenvalue weighted by atomic mass is 9.89. The second kappa shape index (κ2) is 11.5. The predicted molar refractivity (Wildman–Crippen MR) is 167 cm³/mol. The first-order chi connectivity index (χ1) is 18.8. The zero-order chi connectivity index (χ0) is 29.4. The quantitative estimate of drug-likeness (QED) is 0.270. The van der Waals surface area contributed by atoms with Crippen molar-refractivity contribution in [1.29, 1.82) is 0 Å². The molecule has 0 fully saturated rings. The van der Waals surface area contributed by atoms with Gasteiger partial charge in [0.05, 0.1) is 18.4 Å². The van der Waals surface area contributed by atoms with Gasteiger partial charge in [0.2, 0.25) is 0 Å². The Kier molecular flexibility index (Phi) is 8.60. The van der Waals surface area contributed by atoms with E-state index in [1.54, 1.807) is 11.7 Å². The zero-order valence-corrected chi connectivity index (χ0v) is 27.0. The lowest BCUT2D eigenvalue weighted by molar-refractivity contribution is 0.0540. The summed E-state index contributed by atoms with van der Waals surface area (Å²) in [5, 5.41) is 1.07. The fourth-order valence-corrected chi connectivity index (χ4v) is 12.1. The molecule has 1 heterocycles. The molecule has 0 radical (unpaired) electrons. The summed E-state index contributed by atoms with van der Waals surface area (Å²) < 4.78 is 20.5. The van der Waals surface area contributed by atoms with E-state index in [9.17, 15) is 4.79 Å². The van der Waals surface area contributed by atoms with E-state index in [1.807, 2.05) is 51.1 Å². The van der Waals surface area contributed by atoms with Crippen molar-refractivity contribution < 1.29 is 18.7 Å². The van der Waals surface area contributed by atoms with Crippen molar-refractivity contribution in [1.82, 2.24) is 4.57 Å². The number of para-hydroxylation sites is 1. The fourth-order valence-electron chi connectivity index (χ4n) is 6.76. The Morgan fingerprint density at radius 2 is 1.50 bits per heavy atom. The summed E-state index contributed by atoms with van der Waals surface area (Å²) in [6, 6.07) is 16.5. The number of hydrogen-bond acceptors (Lipinski definition) is 4. The van der Waals surface area contributed by atoms with Gasteiger partial charge < -0.3 is 13.9 Å². The van der Waals surface area contributed by atoms with Gasteiger partial charge in [-0.1, -0.05) is 71.9 Å². The minimum absolute atomic E-state index is 0.0785. The van der Waals surface area contributed by atoms with Gasteiger partial charge in [0.1, 0.15) is 11.4 Å². The monoisotopic (exact) mass is 561 g/mol. The number of benzene rings is 2. The molecule has 0 N–H and O–H groups in total. The van der Waals surface area contributed by atoms with Crippen LogP contribution in [0, 0.1) is 0 Å². The minimum Gasteiger partial charge on any atom is -0.546 e. The first-order valence-corrected chi connectivity index (χ1v) is 16.8. The maximum absolute atomic E-state index is 13.7. The molecule has 40 heavy (non-hydrogen) atoms. The van der Waals surface area contributed by atoms with Gasteiger partial charge in [0.25, 0.3) is 8.32 Å². The van der Waals surface area contributed by atoms with Crippen LogP contribution in [0.5, 0.6) is 5.75 Å². The van der Waals surface area contributed by atoms with E-state index in [2.05, 4.69) is 65.8 Å². The number of nitrogens with zero attached hydrogens (tertiary/aromatic N) is 1. The second-order valence-electron chi connectivity index (χ2n) is 13.0. The second-order valence-corrected chi connectivity index (χ2v) is 18.4. The first kappa shape index (κ1) is 30.0. The molecule has 3 aromatic rings. The molecule has 4 rings (SSSR count). The number of ether oxygens (including phenoxy) is 2. The average Bonchev–Trinajstić information content (AvgIpc) is 3.09. The molecule has 0 aliphatic heterocycles. The van der Waals surface area contributed by atoms with E-state index in [1.165, 1.54) is 0 Å². The maximum atomic E-state index is 13.7. The fraction of sp³-hybridized carbons (Fsp3) is 0.500. The number of aromatic nitrogens is 1. The molecule has 6 heteroatoms. The van der Waals surface area contributed by atoms with Crippen LogP contribution in [0.4, 0.5) is 4.79 Å². The van der Waals surface area contributed by atoms with Crippen molar-refractivity contribution in [3.8, 4) is 5.75 Å². The highest BCUT2D eigenvalue weighted by molar-refractivity contribution is 6.77. The normalized spacial score (nSPS) is 16.2. The summed E-state index contributed by atoms with van der Waals surface area (Å²) in [5.41, 5.74) is 4.98. The molecule has 1 aliphatic rings. The number of fused-ring (bicyclic) bond motifs is 3. The molecule has 0 bridgehead atoms. The van der Waals surface area contributed by atoms with Crippen LogP contribution in [0.2, 0.25) is 16.6 Å². The smallest absolute Gasteiger partial charge is 0.419 e. The number of hydrogen-bond donors (Lipinski definition) is 0. The summed E-state index contributed by atoms with van der Waals surface area (Å²) in [6.45, 7) is 19.7. The summed E-state index contributed by atoms with van der Waals surface area (Å²) >= 11 is 0. The lowest BCUT2D eigenvalue weighted by Gasteiger charge is -2.43. The highest BCUT2D eigenvalue weighted by atomic mass is 28.4. The standard InChI is InChI=1S/C34H47NO4Si/c1-22(2)40(23(3)4,24(5)6)39-27-19-20-31-32(29(21-27)25-15-17-26(37-10)18-16-25)28-13-11-12-14-30(28)35(31)33(36)38-34(7,8)9/h11-18,21-24,29H,19-20H2,1-10H3. The van der Waals surface area contributed by atoms with Crippen molar-refractivity contribution in [2.45, 2.75) is 103 Å². The third-order valence-corrected chi connectivity index (χ3v) is 14.4. The van der Waals surface area contributed by atoms with Crippen LogP contribution in [0.1, 0.15) is 91.5 Å². The van der Waals surface area contributed by atoms with Gasteiger partial charge in [-0.2, -0.15) is 0 Å². The van der Waals surface area contributed by atoms with Crippen LogP contribution in [0.25, 0.3) is 10.9 Å². The van der Waals surface area contributed by atoms with Crippen LogP contribution < -0.4 is 4.74 Å².